The van der Waals surface area contributed by atoms with Gasteiger partial charge in [-0.05, 0) is 0 Å². The van der Waals surface area contributed by atoms with E-state index in [4.69, 9.17) is 11.6 Å². The minimum atomic E-state index is -3.07. The van der Waals surface area contributed by atoms with Gasteiger partial charge in [0.2, 0.25) is 0 Å². The van der Waals surface area contributed by atoms with Crippen molar-refractivity contribution in [3.8, 4) is 0 Å². The third kappa shape index (κ3) is 2.27. The maximum absolute atomic E-state index is 13.1. The van der Waals surface area contributed by atoms with Crippen LogP contribution in [0, 0.1) is 5.82 Å². The molecule has 0 unspecified atom stereocenters. The molecule has 0 fully saturated rings. The van der Waals surface area contributed by atoms with Crippen molar-refractivity contribution in [2.75, 3.05) is 7.11 Å². The van der Waals surface area contributed by atoms with Gasteiger partial charge in [0, 0.05) is 5.56 Å². The van der Waals surface area contributed by atoms with Crippen LogP contribution in [0.3, 0.4) is 0 Å². The molecule has 0 aliphatic heterocycles. The number of esters is 1. The number of rotatable bonds is 3. The van der Waals surface area contributed by atoms with Gasteiger partial charge in [0.25, 0.3) is 6.43 Å². The molecule has 0 atom stereocenters. The maximum atomic E-state index is 13.1. The van der Waals surface area contributed by atoms with Crippen molar-refractivity contribution >= 4 is 17.6 Å². The van der Waals surface area contributed by atoms with Crippen molar-refractivity contribution < 1.29 is 22.7 Å². The monoisotopic (exact) mass is 253 g/mol. The first-order chi connectivity index (χ1) is 7.52. The lowest BCUT2D eigenvalue weighted by molar-refractivity contribution is 0.0592. The second kappa shape index (κ2) is 5.16. The standard InChI is InChI=1S/C9H7ClF3NO2/c1-16-9(15)7-4(2-10)6(8(12)13)5(11)3-14-7/h3,8H,2H2,1H3. The summed E-state index contributed by atoms with van der Waals surface area (Å²) >= 11 is 5.41. The molecule has 16 heavy (non-hydrogen) atoms. The highest BCUT2D eigenvalue weighted by Crippen LogP contribution is 2.28. The summed E-state index contributed by atoms with van der Waals surface area (Å²) in [5, 5.41) is 0. The molecule has 0 aliphatic carbocycles. The lowest BCUT2D eigenvalue weighted by Gasteiger charge is -2.10. The van der Waals surface area contributed by atoms with Crippen LogP contribution >= 0.6 is 11.6 Å². The average Bonchev–Trinajstić information content (AvgIpc) is 2.26. The molecule has 0 N–H and O–H groups in total. The first-order valence-electron chi connectivity index (χ1n) is 4.12. The van der Waals surface area contributed by atoms with Crippen molar-refractivity contribution in [1.82, 2.24) is 4.98 Å². The number of hydrogen-bond acceptors (Lipinski definition) is 3. The van der Waals surface area contributed by atoms with Crippen LogP contribution in [0.25, 0.3) is 0 Å². The first kappa shape index (κ1) is 12.8. The quantitative estimate of drug-likeness (QED) is 0.614. The fraction of sp³-hybridized carbons (Fsp3) is 0.333. The molecule has 0 amide bonds. The number of nitrogens with zero attached hydrogens (tertiary/aromatic N) is 1. The zero-order valence-electron chi connectivity index (χ0n) is 8.14. The van der Waals surface area contributed by atoms with Crippen molar-refractivity contribution in [3.63, 3.8) is 0 Å². The summed E-state index contributed by atoms with van der Waals surface area (Å²) in [6.07, 6.45) is -2.52. The molecule has 0 radical (unpaired) electrons. The van der Waals surface area contributed by atoms with E-state index >= 15 is 0 Å². The van der Waals surface area contributed by atoms with Crippen LogP contribution in [-0.4, -0.2) is 18.1 Å². The Bertz CT molecular complexity index is 412. The Morgan fingerprint density at radius 2 is 2.25 bits per heavy atom. The number of ether oxygens (including phenoxy) is 1. The molecule has 0 bridgehead atoms. The summed E-state index contributed by atoms with van der Waals surface area (Å²) in [5.74, 6) is -2.58. The summed E-state index contributed by atoms with van der Waals surface area (Å²) in [7, 11) is 1.06. The number of carbonyl (C=O) groups excluding carboxylic acids is 1. The predicted octanol–water partition coefficient (Wildman–Crippen LogP) is 2.68. The van der Waals surface area contributed by atoms with Gasteiger partial charge >= 0.3 is 5.97 Å². The van der Waals surface area contributed by atoms with Gasteiger partial charge in [-0.3, -0.25) is 0 Å². The number of hydrogen-bond donors (Lipinski definition) is 0. The second-order valence-corrected chi connectivity index (χ2v) is 3.04. The van der Waals surface area contributed by atoms with Crippen molar-refractivity contribution in [2.24, 2.45) is 0 Å². The number of pyridine rings is 1. The molecule has 3 nitrogen and oxygen atoms in total. The largest absolute Gasteiger partial charge is 0.464 e. The van der Waals surface area contributed by atoms with Crippen LogP contribution in [0.2, 0.25) is 0 Å². The molecule has 88 valence electrons. The minimum Gasteiger partial charge on any atom is -0.464 e. The van der Waals surface area contributed by atoms with Gasteiger partial charge in [0.05, 0.1) is 24.8 Å². The SMILES string of the molecule is COC(=O)c1ncc(F)c(C(F)F)c1CCl. The average molecular weight is 254 g/mol. The summed E-state index contributed by atoms with van der Waals surface area (Å²) in [6.45, 7) is 0. The van der Waals surface area contributed by atoms with E-state index in [1.54, 1.807) is 0 Å². The van der Waals surface area contributed by atoms with E-state index in [1.807, 2.05) is 0 Å². The topological polar surface area (TPSA) is 39.2 Å². The van der Waals surface area contributed by atoms with E-state index in [-0.39, 0.29) is 5.56 Å². The molecule has 1 aromatic heterocycles. The predicted molar refractivity (Wildman–Crippen MR) is 50.0 cm³/mol. The third-order valence-electron chi connectivity index (χ3n) is 1.91. The van der Waals surface area contributed by atoms with Gasteiger partial charge < -0.3 is 4.74 Å². The first-order valence-corrected chi connectivity index (χ1v) is 4.66. The van der Waals surface area contributed by atoms with E-state index in [1.165, 1.54) is 0 Å². The molecule has 1 aromatic rings. The Labute approximate surface area is 94.2 Å². The molecule has 0 saturated heterocycles. The molecule has 1 heterocycles. The fourth-order valence-electron chi connectivity index (χ4n) is 1.18. The Morgan fingerprint density at radius 3 is 2.69 bits per heavy atom. The highest BCUT2D eigenvalue weighted by molar-refractivity contribution is 6.17. The highest BCUT2D eigenvalue weighted by atomic mass is 35.5. The second-order valence-electron chi connectivity index (χ2n) is 2.77. The van der Waals surface area contributed by atoms with Crippen LogP contribution in [0.1, 0.15) is 28.0 Å². The molecular weight excluding hydrogens is 247 g/mol. The fourth-order valence-corrected chi connectivity index (χ4v) is 1.45. The maximum Gasteiger partial charge on any atom is 0.356 e. The normalized spacial score (nSPS) is 10.6. The van der Waals surface area contributed by atoms with Crippen LogP contribution in [0.4, 0.5) is 13.2 Å². The summed E-state index contributed by atoms with van der Waals surface area (Å²) in [4.78, 5) is 14.6. The highest BCUT2D eigenvalue weighted by Gasteiger charge is 2.25. The molecule has 0 spiro atoms. The summed E-state index contributed by atoms with van der Waals surface area (Å²) in [6, 6.07) is 0. The smallest absolute Gasteiger partial charge is 0.356 e. The van der Waals surface area contributed by atoms with Gasteiger partial charge in [0.1, 0.15) is 0 Å². The Balaban J connectivity index is 3.42. The van der Waals surface area contributed by atoms with Crippen molar-refractivity contribution in [1.29, 1.82) is 0 Å². The number of aromatic nitrogens is 1. The van der Waals surface area contributed by atoms with Gasteiger partial charge in [-0.2, -0.15) is 0 Å². The minimum absolute atomic E-state index is 0.344. The Hall–Kier alpha value is -1.30. The number of carbonyl (C=O) groups is 1. The van der Waals surface area contributed by atoms with E-state index < -0.39 is 35.3 Å². The number of halogens is 4. The Morgan fingerprint density at radius 1 is 1.62 bits per heavy atom. The Kier molecular flexibility index (Phi) is 4.12. The molecule has 0 aromatic carbocycles. The molecule has 7 heteroatoms. The van der Waals surface area contributed by atoms with Gasteiger partial charge in [-0.15, -0.1) is 11.6 Å². The molecule has 0 aliphatic rings. The van der Waals surface area contributed by atoms with Crippen LogP contribution < -0.4 is 0 Å². The van der Waals surface area contributed by atoms with Crippen molar-refractivity contribution in [2.45, 2.75) is 12.3 Å². The van der Waals surface area contributed by atoms with Crippen LogP contribution in [0.15, 0.2) is 6.20 Å². The zero-order chi connectivity index (χ0) is 12.3. The van der Waals surface area contributed by atoms with Gasteiger partial charge in [-0.25, -0.2) is 22.9 Å². The molecule has 0 saturated carbocycles. The van der Waals surface area contributed by atoms with Crippen LogP contribution in [-0.2, 0) is 10.6 Å². The summed E-state index contributed by atoms with van der Waals surface area (Å²) in [5.41, 5.74) is -1.65. The molecular formula is C9H7ClF3NO2. The molecule has 1 rings (SSSR count). The van der Waals surface area contributed by atoms with Crippen LogP contribution in [0.5, 0.6) is 0 Å². The third-order valence-corrected chi connectivity index (χ3v) is 2.17. The lowest BCUT2D eigenvalue weighted by atomic mass is 10.1. The number of methoxy groups -OCH3 is 1. The van der Waals surface area contributed by atoms with E-state index in [9.17, 15) is 18.0 Å². The summed E-state index contributed by atoms with van der Waals surface area (Å²) < 4.78 is 42.5. The van der Waals surface area contributed by atoms with E-state index in [0.29, 0.717) is 6.20 Å². The lowest BCUT2D eigenvalue weighted by Crippen LogP contribution is -2.12. The zero-order valence-corrected chi connectivity index (χ0v) is 8.89. The van der Waals surface area contributed by atoms with Gasteiger partial charge in [0.15, 0.2) is 11.5 Å². The van der Waals surface area contributed by atoms with Crippen molar-refractivity contribution in [3.05, 3.63) is 28.8 Å². The van der Waals surface area contributed by atoms with E-state index in [0.717, 1.165) is 7.11 Å². The number of alkyl halides is 3. The van der Waals surface area contributed by atoms with Gasteiger partial charge in [-0.1, -0.05) is 0 Å². The van der Waals surface area contributed by atoms with E-state index in [2.05, 4.69) is 9.72 Å².